The summed E-state index contributed by atoms with van der Waals surface area (Å²) >= 11 is 0. The number of carbonyl (C=O) groups excluding carboxylic acids is 1. The molecule has 0 heterocycles. The molecule has 0 saturated heterocycles. The first-order valence-corrected chi connectivity index (χ1v) is 5.48. The number of nitriles is 1. The van der Waals surface area contributed by atoms with E-state index in [0.29, 0.717) is 12.1 Å². The summed E-state index contributed by atoms with van der Waals surface area (Å²) in [6, 6.07) is 2.43. The van der Waals surface area contributed by atoms with Crippen LogP contribution < -0.4 is 5.73 Å². The number of benzene rings is 1. The Balaban J connectivity index is 3.76. The lowest BCUT2D eigenvalue weighted by atomic mass is 9.88. The second-order valence-electron chi connectivity index (χ2n) is 4.46. The number of Topliss-reactive ketones (excluding diaryl/α,β-unsaturated/α-hetero) is 1. The molecule has 0 saturated carbocycles. The molecule has 1 aromatic rings. The molecule has 3 N–H and O–H groups in total. The van der Waals surface area contributed by atoms with E-state index in [4.69, 9.17) is 11.0 Å². The summed E-state index contributed by atoms with van der Waals surface area (Å²) in [6.07, 6.45) is -10.8. The van der Waals surface area contributed by atoms with E-state index in [0.717, 1.165) is 6.07 Å². The van der Waals surface area contributed by atoms with Gasteiger partial charge < -0.3 is 10.8 Å². The van der Waals surface area contributed by atoms with Crippen molar-refractivity contribution in [3.05, 3.63) is 28.8 Å². The van der Waals surface area contributed by atoms with Gasteiger partial charge in [-0.15, -0.1) is 0 Å². The Labute approximate surface area is 119 Å². The van der Waals surface area contributed by atoms with Crippen molar-refractivity contribution in [2.45, 2.75) is 24.9 Å². The highest BCUT2D eigenvalue weighted by Crippen LogP contribution is 2.41. The van der Waals surface area contributed by atoms with Gasteiger partial charge in [0, 0.05) is 5.69 Å². The van der Waals surface area contributed by atoms with Crippen molar-refractivity contribution in [1.82, 2.24) is 0 Å². The third kappa shape index (κ3) is 2.85. The molecule has 120 valence electrons. The van der Waals surface area contributed by atoms with Crippen LogP contribution in [-0.2, 0) is 6.18 Å². The van der Waals surface area contributed by atoms with Crippen molar-refractivity contribution in [1.29, 1.82) is 5.26 Å². The van der Waals surface area contributed by atoms with Crippen molar-refractivity contribution < 1.29 is 36.2 Å². The number of aliphatic hydroxyl groups is 1. The monoisotopic (exact) mass is 326 g/mol. The summed E-state index contributed by atoms with van der Waals surface area (Å²) in [4.78, 5) is 11.8. The molecule has 1 unspecified atom stereocenters. The minimum atomic E-state index is -5.53. The number of hydrogen-bond acceptors (Lipinski definition) is 4. The van der Waals surface area contributed by atoms with Crippen LogP contribution in [0.25, 0.3) is 0 Å². The number of nitrogens with zero attached hydrogens (tertiary/aromatic N) is 1. The molecule has 0 spiro atoms. The van der Waals surface area contributed by atoms with E-state index in [1.807, 2.05) is 0 Å². The fourth-order valence-electron chi connectivity index (χ4n) is 1.62. The summed E-state index contributed by atoms with van der Waals surface area (Å²) in [7, 11) is 0. The highest BCUT2D eigenvalue weighted by molar-refractivity contribution is 6.08. The molecule has 1 atom stereocenters. The van der Waals surface area contributed by atoms with Crippen LogP contribution in [0.5, 0.6) is 0 Å². The largest absolute Gasteiger partial charge is 0.424 e. The predicted molar refractivity (Wildman–Crippen MR) is 61.6 cm³/mol. The number of halogens is 6. The SMILES string of the molecule is CC(O)(C(=O)c1c(N)ccc(C#N)c1C(F)(F)F)C(F)(F)F. The van der Waals surface area contributed by atoms with Crippen LogP contribution in [0, 0.1) is 11.3 Å². The fourth-order valence-corrected chi connectivity index (χ4v) is 1.62. The number of carbonyl (C=O) groups is 1. The quantitative estimate of drug-likeness (QED) is 0.497. The molecule has 0 amide bonds. The second-order valence-corrected chi connectivity index (χ2v) is 4.46. The van der Waals surface area contributed by atoms with Crippen molar-refractivity contribution >= 4 is 11.5 Å². The maximum absolute atomic E-state index is 13.0. The van der Waals surface area contributed by atoms with Gasteiger partial charge in [-0.2, -0.15) is 31.6 Å². The summed E-state index contributed by atoms with van der Waals surface area (Å²) < 4.78 is 77.0. The Bertz CT molecular complexity index is 655. The first-order chi connectivity index (χ1) is 9.75. The van der Waals surface area contributed by atoms with E-state index in [2.05, 4.69) is 0 Å². The molecule has 10 heteroatoms. The molecule has 22 heavy (non-hydrogen) atoms. The average molecular weight is 326 g/mol. The van der Waals surface area contributed by atoms with Crippen LogP contribution >= 0.6 is 0 Å². The number of alkyl halides is 6. The first-order valence-electron chi connectivity index (χ1n) is 5.48. The summed E-state index contributed by atoms with van der Waals surface area (Å²) in [5, 5.41) is 17.9. The van der Waals surface area contributed by atoms with Gasteiger partial charge in [0.15, 0.2) is 0 Å². The minimum Gasteiger partial charge on any atom is -0.398 e. The van der Waals surface area contributed by atoms with Gasteiger partial charge in [0.05, 0.1) is 22.8 Å². The number of rotatable bonds is 2. The second kappa shape index (κ2) is 5.17. The molecule has 0 bridgehead atoms. The van der Waals surface area contributed by atoms with Gasteiger partial charge >= 0.3 is 12.4 Å². The number of nitrogen functional groups attached to an aromatic ring is 1. The lowest BCUT2D eigenvalue weighted by Crippen LogP contribution is -2.50. The molecule has 0 aliphatic rings. The third-order valence-corrected chi connectivity index (χ3v) is 2.86. The summed E-state index contributed by atoms with van der Waals surface area (Å²) in [6.45, 7) is 0.00791. The lowest BCUT2D eigenvalue weighted by Gasteiger charge is -2.27. The average Bonchev–Trinajstić information content (AvgIpc) is 2.35. The Morgan fingerprint density at radius 2 is 1.73 bits per heavy atom. The smallest absolute Gasteiger partial charge is 0.398 e. The van der Waals surface area contributed by atoms with E-state index in [1.54, 1.807) is 0 Å². The molecular formula is C12H8F6N2O2. The van der Waals surface area contributed by atoms with Crippen molar-refractivity contribution in [3.8, 4) is 6.07 Å². The maximum atomic E-state index is 13.0. The molecule has 0 aliphatic heterocycles. The van der Waals surface area contributed by atoms with Crippen molar-refractivity contribution in [2.75, 3.05) is 5.73 Å². The van der Waals surface area contributed by atoms with Gasteiger partial charge in [-0.05, 0) is 19.1 Å². The van der Waals surface area contributed by atoms with Crippen LogP contribution in [0.15, 0.2) is 12.1 Å². The highest BCUT2D eigenvalue weighted by Gasteiger charge is 2.57. The van der Waals surface area contributed by atoms with Crippen LogP contribution in [0.2, 0.25) is 0 Å². The van der Waals surface area contributed by atoms with Crippen LogP contribution in [0.1, 0.15) is 28.4 Å². The molecular weight excluding hydrogens is 318 g/mol. The summed E-state index contributed by atoms with van der Waals surface area (Å²) in [5.74, 6) is -2.29. The Morgan fingerprint density at radius 3 is 2.09 bits per heavy atom. The van der Waals surface area contributed by atoms with Crippen molar-refractivity contribution in [2.24, 2.45) is 0 Å². The van der Waals surface area contributed by atoms with Gasteiger partial charge in [-0.1, -0.05) is 0 Å². The highest BCUT2D eigenvalue weighted by atomic mass is 19.4. The van der Waals surface area contributed by atoms with E-state index < -0.39 is 46.1 Å². The first kappa shape index (κ1) is 17.8. The van der Waals surface area contributed by atoms with Crippen LogP contribution in [0.3, 0.4) is 0 Å². The van der Waals surface area contributed by atoms with Crippen LogP contribution in [0.4, 0.5) is 32.0 Å². The van der Waals surface area contributed by atoms with Gasteiger partial charge in [0.1, 0.15) is 0 Å². The number of ketones is 1. The topological polar surface area (TPSA) is 87.1 Å². The minimum absolute atomic E-state index is 0.00791. The number of anilines is 1. The van der Waals surface area contributed by atoms with Gasteiger partial charge in [0.25, 0.3) is 0 Å². The molecule has 0 aliphatic carbocycles. The Kier molecular flexibility index (Phi) is 4.18. The molecule has 4 nitrogen and oxygen atoms in total. The third-order valence-electron chi connectivity index (χ3n) is 2.86. The normalized spacial score (nSPS) is 15.0. The zero-order valence-corrected chi connectivity index (χ0v) is 10.8. The molecule has 0 fully saturated rings. The predicted octanol–water partition coefficient (Wildman–Crippen LogP) is 2.66. The zero-order chi connectivity index (χ0) is 17.5. The fraction of sp³-hybridized carbons (Fsp3) is 0.333. The Morgan fingerprint density at radius 1 is 1.23 bits per heavy atom. The van der Waals surface area contributed by atoms with Gasteiger partial charge in [0.2, 0.25) is 11.4 Å². The maximum Gasteiger partial charge on any atom is 0.424 e. The molecule has 1 aromatic carbocycles. The van der Waals surface area contributed by atoms with E-state index >= 15 is 0 Å². The van der Waals surface area contributed by atoms with E-state index in [-0.39, 0.29) is 6.92 Å². The van der Waals surface area contributed by atoms with E-state index in [1.165, 1.54) is 0 Å². The van der Waals surface area contributed by atoms with Gasteiger partial charge in [-0.25, -0.2) is 0 Å². The zero-order valence-electron chi connectivity index (χ0n) is 10.8. The standard InChI is InChI=1S/C12H8F6N2O2/c1-10(22,12(16,17)18)9(21)7-6(20)3-2-5(4-19)8(7)11(13,14)15/h2-3,22H,20H2,1H3. The summed E-state index contributed by atoms with van der Waals surface area (Å²) in [5.41, 5.74) is -4.43. The molecule has 0 aromatic heterocycles. The van der Waals surface area contributed by atoms with Crippen LogP contribution in [-0.4, -0.2) is 22.7 Å². The number of nitrogens with two attached hydrogens (primary N) is 1. The molecule has 1 rings (SSSR count). The van der Waals surface area contributed by atoms with Gasteiger partial charge in [-0.3, -0.25) is 4.79 Å². The molecule has 0 radical (unpaired) electrons. The van der Waals surface area contributed by atoms with Crippen molar-refractivity contribution in [3.63, 3.8) is 0 Å². The number of hydrogen-bond donors (Lipinski definition) is 2. The Hall–Kier alpha value is -2.28. The lowest BCUT2D eigenvalue weighted by molar-refractivity contribution is -0.230. The van der Waals surface area contributed by atoms with E-state index in [9.17, 15) is 36.2 Å².